The number of carbonyl (C=O) groups is 4. The first kappa shape index (κ1) is 96.5. The zero-order valence-electron chi connectivity index (χ0n) is 63.6. The van der Waals surface area contributed by atoms with E-state index in [1.165, 1.54) is 122 Å². The fraction of sp³-hybridized carbons (Fsp3) is 0.802. The molecule has 0 aliphatic heterocycles. The molecule has 0 heterocycles. The maximum absolute atomic E-state index is 13.1. The molecule has 582 valence electrons. The molecule has 0 rings (SSSR count). The lowest BCUT2D eigenvalue weighted by atomic mass is 10.1. The fourth-order valence-electron chi connectivity index (χ4n) is 10.9. The summed E-state index contributed by atoms with van der Waals surface area (Å²) in [4.78, 5) is 73.0. The second kappa shape index (κ2) is 73.8. The highest BCUT2D eigenvalue weighted by Gasteiger charge is 2.30. The van der Waals surface area contributed by atoms with E-state index >= 15 is 0 Å². The van der Waals surface area contributed by atoms with Crippen molar-refractivity contribution in [3.63, 3.8) is 0 Å². The van der Waals surface area contributed by atoms with E-state index in [4.69, 9.17) is 37.0 Å². The van der Waals surface area contributed by atoms with E-state index in [0.29, 0.717) is 25.7 Å². The molecule has 0 aliphatic carbocycles. The number of hydrogen-bond donors (Lipinski definition) is 3. The first-order chi connectivity index (χ1) is 48.7. The monoisotopic (exact) mass is 1450 g/mol. The summed E-state index contributed by atoms with van der Waals surface area (Å²) in [6.45, 7) is 4.82. The lowest BCUT2D eigenvalue weighted by Gasteiger charge is -2.21. The predicted octanol–water partition coefficient (Wildman–Crippen LogP) is 23.2. The van der Waals surface area contributed by atoms with Crippen molar-refractivity contribution in [1.29, 1.82) is 0 Å². The van der Waals surface area contributed by atoms with Crippen LogP contribution >= 0.6 is 15.6 Å². The summed E-state index contributed by atoms with van der Waals surface area (Å²) >= 11 is 0. The molecular formula is C81H146O17P2. The van der Waals surface area contributed by atoms with Gasteiger partial charge in [0.05, 0.1) is 26.4 Å². The van der Waals surface area contributed by atoms with Crippen molar-refractivity contribution >= 4 is 39.5 Å². The van der Waals surface area contributed by atoms with Crippen molar-refractivity contribution in [3.8, 4) is 0 Å². The van der Waals surface area contributed by atoms with Crippen LogP contribution in [0.25, 0.3) is 0 Å². The number of allylic oxidation sites excluding steroid dienone is 12. The molecule has 0 radical (unpaired) electrons. The van der Waals surface area contributed by atoms with Crippen LogP contribution in [0.2, 0.25) is 0 Å². The van der Waals surface area contributed by atoms with Crippen LogP contribution in [0.5, 0.6) is 0 Å². The van der Waals surface area contributed by atoms with Gasteiger partial charge in [-0.3, -0.25) is 37.3 Å². The minimum Gasteiger partial charge on any atom is -0.462 e. The molecule has 5 atom stereocenters. The van der Waals surface area contributed by atoms with E-state index in [1.807, 2.05) is 0 Å². The third-order valence-corrected chi connectivity index (χ3v) is 19.0. The van der Waals surface area contributed by atoms with Gasteiger partial charge in [-0.1, -0.05) is 274 Å². The van der Waals surface area contributed by atoms with Crippen LogP contribution < -0.4 is 0 Å². The molecular weight excluding hydrogens is 1310 g/mol. The van der Waals surface area contributed by atoms with Gasteiger partial charge < -0.3 is 33.8 Å². The van der Waals surface area contributed by atoms with Gasteiger partial charge in [-0.2, -0.15) is 0 Å². The van der Waals surface area contributed by atoms with Gasteiger partial charge in [0.15, 0.2) is 12.2 Å². The number of esters is 4. The lowest BCUT2D eigenvalue weighted by molar-refractivity contribution is -0.161. The van der Waals surface area contributed by atoms with Crippen LogP contribution in [0, 0.1) is 0 Å². The van der Waals surface area contributed by atoms with Gasteiger partial charge in [-0.25, -0.2) is 9.13 Å². The molecule has 2 unspecified atom stereocenters. The molecule has 17 nitrogen and oxygen atoms in total. The van der Waals surface area contributed by atoms with Crippen molar-refractivity contribution in [2.75, 3.05) is 39.6 Å². The zero-order valence-corrected chi connectivity index (χ0v) is 65.4. The Bertz CT molecular complexity index is 2180. The Morgan fingerprint density at radius 1 is 0.290 bits per heavy atom. The Morgan fingerprint density at radius 2 is 0.520 bits per heavy atom. The van der Waals surface area contributed by atoms with Crippen molar-refractivity contribution in [2.24, 2.45) is 0 Å². The summed E-state index contributed by atoms with van der Waals surface area (Å²) in [5.74, 6) is -2.20. The van der Waals surface area contributed by atoms with Crippen LogP contribution in [0.4, 0.5) is 0 Å². The highest BCUT2D eigenvalue weighted by Crippen LogP contribution is 2.45. The Kier molecular flexibility index (Phi) is 71.2. The molecule has 0 spiro atoms. The Balaban J connectivity index is 5.37. The van der Waals surface area contributed by atoms with Gasteiger partial charge in [-0.05, 0) is 135 Å². The van der Waals surface area contributed by atoms with Gasteiger partial charge in [-0.15, -0.1) is 0 Å². The fourth-order valence-corrected chi connectivity index (χ4v) is 12.5. The minimum atomic E-state index is -4.98. The molecule has 0 amide bonds. The van der Waals surface area contributed by atoms with Crippen LogP contribution in [0.1, 0.15) is 362 Å². The number of phosphoric ester groups is 2. The standard InChI is InChI=1S/C81H146O17P2/c1-5-9-13-17-21-25-29-33-37-41-45-49-53-57-61-65-78(83)91-71-76(97-80(85)67-63-59-55-51-47-43-39-35-31-27-23-19-15-11-7-3)73-95-99(87,88)93-69-75(82)70-94-100(89,90)96-74-77(98-81(86)68-64-60-56-52-48-44-40-36-32-28-24-20-16-12-8-4)72-92-79(84)66-62-58-54-50-46-42-38-34-30-26-22-18-14-10-6-2/h23,27-28,32-40,75-77,82H,5-22,24-26,29-31,41-74H2,1-4H3,(H,87,88)(H,89,90)/b27-23-,32-28-,37-33-,38-34-,39-35-,40-36-/t75-,76+,77+/m0/s1. The number of aliphatic hydroxyl groups is 1. The molecule has 19 heteroatoms. The summed E-state index contributed by atoms with van der Waals surface area (Å²) in [5.41, 5.74) is 0. The summed E-state index contributed by atoms with van der Waals surface area (Å²) < 4.78 is 68.6. The number of aliphatic hydroxyl groups excluding tert-OH is 1. The highest BCUT2D eigenvalue weighted by molar-refractivity contribution is 7.47. The van der Waals surface area contributed by atoms with E-state index in [-0.39, 0.29) is 25.7 Å². The summed E-state index contributed by atoms with van der Waals surface area (Å²) in [7, 11) is -9.96. The molecule has 0 fully saturated rings. The van der Waals surface area contributed by atoms with E-state index in [9.17, 15) is 43.2 Å². The quantitative estimate of drug-likeness (QED) is 0.0128. The van der Waals surface area contributed by atoms with Gasteiger partial charge in [0.2, 0.25) is 0 Å². The molecule has 3 N–H and O–H groups in total. The maximum atomic E-state index is 13.1. The Labute approximate surface area is 609 Å². The first-order valence-corrected chi connectivity index (χ1v) is 43.2. The van der Waals surface area contributed by atoms with Crippen molar-refractivity contribution in [2.45, 2.75) is 380 Å². The van der Waals surface area contributed by atoms with E-state index in [0.717, 1.165) is 161 Å². The number of hydrogen-bond acceptors (Lipinski definition) is 15. The van der Waals surface area contributed by atoms with E-state index < -0.39 is 97.5 Å². The maximum Gasteiger partial charge on any atom is 0.472 e. The van der Waals surface area contributed by atoms with Crippen molar-refractivity contribution in [3.05, 3.63) is 72.9 Å². The number of ether oxygens (including phenoxy) is 4. The zero-order chi connectivity index (χ0) is 73.2. The summed E-state index contributed by atoms with van der Waals surface area (Å²) in [5, 5.41) is 10.6. The number of unbranched alkanes of at least 4 members (excludes halogenated alkanes) is 39. The minimum absolute atomic E-state index is 0.0781. The second-order valence-corrected chi connectivity index (χ2v) is 29.9. The second-order valence-electron chi connectivity index (χ2n) is 27.0. The molecule has 0 bridgehead atoms. The number of rotatable bonds is 76. The molecule has 100 heavy (non-hydrogen) atoms. The summed E-state index contributed by atoms with van der Waals surface area (Å²) in [6, 6.07) is 0. The molecule has 0 aliphatic rings. The Hall–Kier alpha value is -3.50. The van der Waals surface area contributed by atoms with Crippen LogP contribution in [0.15, 0.2) is 72.9 Å². The van der Waals surface area contributed by atoms with Crippen molar-refractivity contribution in [1.82, 2.24) is 0 Å². The van der Waals surface area contributed by atoms with Gasteiger partial charge in [0.1, 0.15) is 19.3 Å². The number of phosphoric acid groups is 2. The van der Waals surface area contributed by atoms with Crippen LogP contribution in [-0.2, 0) is 65.4 Å². The smallest absolute Gasteiger partial charge is 0.462 e. The van der Waals surface area contributed by atoms with Gasteiger partial charge in [0, 0.05) is 25.7 Å². The largest absolute Gasteiger partial charge is 0.472 e. The molecule has 0 aromatic carbocycles. The molecule has 0 saturated carbocycles. The Morgan fingerprint density at radius 3 is 0.840 bits per heavy atom. The summed E-state index contributed by atoms with van der Waals surface area (Å²) in [6.07, 6.45) is 74.4. The SMILES string of the molecule is CCCCC/C=C\C/C=C\CCCCCCCC(=O)O[C@H](COC(=O)CCCCCCC/C=C\CCCCCCCC)COP(=O)(O)OC[C@H](O)COP(=O)(O)OC[C@@H](COC(=O)CCCCCCC/C=C\CCCCCCCC)OC(=O)CCCCCCC/C=C\C=C/CCCCCC. The van der Waals surface area contributed by atoms with Crippen LogP contribution in [0.3, 0.4) is 0 Å². The van der Waals surface area contributed by atoms with Crippen molar-refractivity contribution < 1.29 is 80.2 Å². The third-order valence-electron chi connectivity index (χ3n) is 17.1. The average Bonchev–Trinajstić information content (AvgIpc) is 1.25. The topological polar surface area (TPSA) is 237 Å². The highest BCUT2D eigenvalue weighted by atomic mass is 31.2. The lowest BCUT2D eigenvalue weighted by Crippen LogP contribution is -2.30. The van der Waals surface area contributed by atoms with Gasteiger partial charge in [0.25, 0.3) is 0 Å². The third kappa shape index (κ3) is 72.8. The molecule has 0 aromatic heterocycles. The number of carbonyl (C=O) groups excluding carboxylic acids is 4. The first-order valence-electron chi connectivity index (χ1n) is 40.2. The normalized spacial score (nSPS) is 14.3. The van der Waals surface area contributed by atoms with Crippen LogP contribution in [-0.4, -0.2) is 96.7 Å². The predicted molar refractivity (Wildman–Crippen MR) is 409 cm³/mol. The molecule has 0 saturated heterocycles. The van der Waals surface area contributed by atoms with E-state index in [1.54, 1.807) is 0 Å². The van der Waals surface area contributed by atoms with E-state index in [2.05, 4.69) is 101 Å². The average molecular weight is 1450 g/mol. The van der Waals surface area contributed by atoms with Gasteiger partial charge >= 0.3 is 39.5 Å². The molecule has 0 aromatic rings.